The van der Waals surface area contributed by atoms with Crippen LogP contribution in [0.5, 0.6) is 0 Å². The van der Waals surface area contributed by atoms with Gasteiger partial charge < -0.3 is 10.2 Å². The molecule has 0 fully saturated rings. The Morgan fingerprint density at radius 2 is 2.17 bits per heavy atom. The lowest BCUT2D eigenvalue weighted by atomic mass is 10.2. The third-order valence-corrected chi connectivity index (χ3v) is 3.17. The van der Waals surface area contributed by atoms with Gasteiger partial charge in [0.05, 0.1) is 0 Å². The van der Waals surface area contributed by atoms with Crippen LogP contribution >= 0.6 is 0 Å². The van der Waals surface area contributed by atoms with Crippen LogP contribution in [0.2, 0.25) is 0 Å². The number of nitrogens with zero attached hydrogens (tertiary/aromatic N) is 3. The first-order valence-corrected chi connectivity index (χ1v) is 6.26. The second-order valence-electron chi connectivity index (χ2n) is 4.40. The maximum Gasteiger partial charge on any atom is 0.322 e. The number of hydrogen-bond donors (Lipinski definition) is 1. The average molecular weight is 244 g/mol. The zero-order valence-corrected chi connectivity index (χ0v) is 10.2. The number of anilines is 2. The lowest BCUT2D eigenvalue weighted by Crippen LogP contribution is -2.13. The average Bonchev–Trinajstić information content (AvgIpc) is 3.02. The molecule has 0 bridgehead atoms. The minimum Gasteiger partial charge on any atom is -0.408 e. The molecular formula is C13H16N4O. The molecule has 0 amide bonds. The van der Waals surface area contributed by atoms with E-state index in [0.717, 1.165) is 25.8 Å². The minimum atomic E-state index is 0.590. The number of nitrogens with two attached hydrogens (primary N) is 1. The van der Waals surface area contributed by atoms with Gasteiger partial charge in [-0.25, -0.2) is 0 Å². The highest BCUT2D eigenvalue weighted by atomic mass is 16.4. The predicted molar refractivity (Wildman–Crippen MR) is 68.8 cm³/mol. The van der Waals surface area contributed by atoms with Gasteiger partial charge in [-0.15, -0.1) is 5.10 Å². The molecule has 18 heavy (non-hydrogen) atoms. The third kappa shape index (κ3) is 1.97. The first-order chi connectivity index (χ1) is 8.88. The number of hydrogen-bond acceptors (Lipinski definition) is 5. The fraction of sp³-hybridized carbons (Fsp3) is 0.385. The van der Waals surface area contributed by atoms with Gasteiger partial charge in [-0.3, -0.25) is 4.90 Å². The van der Waals surface area contributed by atoms with Crippen LogP contribution < -0.4 is 10.6 Å². The molecule has 0 radical (unpaired) electrons. The predicted octanol–water partition coefficient (Wildman–Crippen LogP) is 1.66. The standard InChI is InChI=1S/C13H16N4O/c14-8-3-6-12-15-16-13(18-12)17-9-7-10-4-1-2-5-11(10)17/h1-2,4-5H,3,6-9,14H2. The molecule has 2 aromatic rings. The van der Waals surface area contributed by atoms with Crippen molar-refractivity contribution in [3.05, 3.63) is 35.7 Å². The second-order valence-corrected chi connectivity index (χ2v) is 4.40. The van der Waals surface area contributed by atoms with Gasteiger partial charge in [-0.2, -0.15) is 0 Å². The van der Waals surface area contributed by atoms with E-state index in [-0.39, 0.29) is 0 Å². The van der Waals surface area contributed by atoms with Crippen molar-refractivity contribution in [3.8, 4) is 0 Å². The number of rotatable bonds is 4. The van der Waals surface area contributed by atoms with E-state index in [4.69, 9.17) is 10.2 Å². The number of para-hydroxylation sites is 1. The third-order valence-electron chi connectivity index (χ3n) is 3.17. The summed E-state index contributed by atoms with van der Waals surface area (Å²) in [7, 11) is 0. The quantitative estimate of drug-likeness (QED) is 0.885. The highest BCUT2D eigenvalue weighted by Gasteiger charge is 2.23. The van der Waals surface area contributed by atoms with Gasteiger partial charge in [-0.05, 0) is 31.0 Å². The zero-order chi connectivity index (χ0) is 12.4. The molecule has 0 aliphatic carbocycles. The van der Waals surface area contributed by atoms with Crippen LogP contribution in [0.1, 0.15) is 17.9 Å². The summed E-state index contributed by atoms with van der Waals surface area (Å²) in [5.41, 5.74) is 7.97. The van der Waals surface area contributed by atoms with E-state index >= 15 is 0 Å². The molecule has 0 spiro atoms. The fourth-order valence-electron chi connectivity index (χ4n) is 2.25. The van der Waals surface area contributed by atoms with Crippen molar-refractivity contribution in [1.29, 1.82) is 0 Å². The van der Waals surface area contributed by atoms with Gasteiger partial charge in [0.2, 0.25) is 5.89 Å². The van der Waals surface area contributed by atoms with Crippen LogP contribution in [0.15, 0.2) is 28.7 Å². The first kappa shape index (κ1) is 11.2. The topological polar surface area (TPSA) is 68.2 Å². The Kier molecular flexibility index (Phi) is 2.98. The maximum absolute atomic E-state index is 5.67. The summed E-state index contributed by atoms with van der Waals surface area (Å²) in [5, 5.41) is 8.18. The van der Waals surface area contributed by atoms with E-state index in [2.05, 4.69) is 33.3 Å². The molecule has 0 atom stereocenters. The van der Waals surface area contributed by atoms with E-state index in [0.29, 0.717) is 18.5 Å². The molecule has 3 rings (SSSR count). The largest absolute Gasteiger partial charge is 0.408 e. The van der Waals surface area contributed by atoms with Crippen molar-refractivity contribution in [2.45, 2.75) is 19.3 Å². The van der Waals surface area contributed by atoms with Crippen LogP contribution in [0.4, 0.5) is 11.7 Å². The van der Waals surface area contributed by atoms with E-state index in [1.54, 1.807) is 0 Å². The number of fused-ring (bicyclic) bond motifs is 1. The lowest BCUT2D eigenvalue weighted by molar-refractivity contribution is 0.489. The van der Waals surface area contributed by atoms with Gasteiger partial charge >= 0.3 is 6.01 Å². The van der Waals surface area contributed by atoms with Crippen molar-refractivity contribution in [3.63, 3.8) is 0 Å². The summed E-state index contributed by atoms with van der Waals surface area (Å²) in [4.78, 5) is 2.08. The first-order valence-electron chi connectivity index (χ1n) is 6.26. The van der Waals surface area contributed by atoms with E-state index in [1.807, 2.05) is 6.07 Å². The summed E-state index contributed by atoms with van der Waals surface area (Å²) in [6, 6.07) is 8.91. The normalized spacial score (nSPS) is 13.9. The molecule has 5 nitrogen and oxygen atoms in total. The molecule has 1 aromatic carbocycles. The minimum absolute atomic E-state index is 0.590. The van der Waals surface area contributed by atoms with Crippen molar-refractivity contribution in [1.82, 2.24) is 10.2 Å². The molecule has 1 aliphatic heterocycles. The number of aromatic nitrogens is 2. The summed E-state index contributed by atoms with van der Waals surface area (Å²) in [6.07, 6.45) is 2.65. The Morgan fingerprint density at radius 3 is 3.06 bits per heavy atom. The molecule has 1 aliphatic rings. The maximum atomic E-state index is 5.67. The van der Waals surface area contributed by atoms with Gasteiger partial charge in [0.15, 0.2) is 0 Å². The SMILES string of the molecule is NCCCc1nnc(N2CCc3ccccc32)o1. The Hall–Kier alpha value is -1.88. The monoisotopic (exact) mass is 244 g/mol. The molecule has 0 saturated carbocycles. The number of benzene rings is 1. The number of aryl methyl sites for hydroxylation is 1. The van der Waals surface area contributed by atoms with Crippen molar-refractivity contribution < 1.29 is 4.42 Å². The van der Waals surface area contributed by atoms with Gasteiger partial charge in [0.25, 0.3) is 0 Å². The molecule has 94 valence electrons. The van der Waals surface area contributed by atoms with Gasteiger partial charge in [0.1, 0.15) is 0 Å². The van der Waals surface area contributed by atoms with Gasteiger partial charge in [-0.1, -0.05) is 23.3 Å². The fourth-order valence-corrected chi connectivity index (χ4v) is 2.25. The van der Waals surface area contributed by atoms with E-state index in [9.17, 15) is 0 Å². The van der Waals surface area contributed by atoms with E-state index < -0.39 is 0 Å². The Bertz CT molecular complexity index is 537. The summed E-state index contributed by atoms with van der Waals surface area (Å²) in [6.45, 7) is 1.54. The lowest BCUT2D eigenvalue weighted by Gasteiger charge is -2.13. The molecule has 0 unspecified atom stereocenters. The van der Waals surface area contributed by atoms with Gasteiger partial charge in [0, 0.05) is 18.7 Å². The van der Waals surface area contributed by atoms with Crippen molar-refractivity contribution >= 4 is 11.7 Å². The highest BCUT2D eigenvalue weighted by Crippen LogP contribution is 2.33. The highest BCUT2D eigenvalue weighted by molar-refractivity contribution is 5.64. The Morgan fingerprint density at radius 1 is 1.28 bits per heavy atom. The van der Waals surface area contributed by atoms with Crippen LogP contribution in [-0.4, -0.2) is 23.3 Å². The molecule has 1 aromatic heterocycles. The zero-order valence-electron chi connectivity index (χ0n) is 10.2. The molecule has 5 heteroatoms. The molecule has 2 heterocycles. The van der Waals surface area contributed by atoms with Crippen LogP contribution in [0.25, 0.3) is 0 Å². The van der Waals surface area contributed by atoms with Crippen molar-refractivity contribution in [2.75, 3.05) is 18.0 Å². The summed E-state index contributed by atoms with van der Waals surface area (Å²) >= 11 is 0. The smallest absolute Gasteiger partial charge is 0.322 e. The second kappa shape index (κ2) is 4.78. The van der Waals surface area contributed by atoms with Crippen LogP contribution in [-0.2, 0) is 12.8 Å². The van der Waals surface area contributed by atoms with Crippen molar-refractivity contribution in [2.24, 2.45) is 5.73 Å². The Balaban J connectivity index is 1.82. The molecule has 0 saturated heterocycles. The molecule has 2 N–H and O–H groups in total. The van der Waals surface area contributed by atoms with Crippen LogP contribution in [0.3, 0.4) is 0 Å². The summed E-state index contributed by atoms with van der Waals surface area (Å²) < 4.78 is 5.67. The Labute approximate surface area is 106 Å². The summed E-state index contributed by atoms with van der Waals surface area (Å²) in [5.74, 6) is 0.667. The van der Waals surface area contributed by atoms with Crippen LogP contribution in [0, 0.1) is 0 Å². The molecular weight excluding hydrogens is 228 g/mol. The van der Waals surface area contributed by atoms with E-state index in [1.165, 1.54) is 11.3 Å².